The lowest BCUT2D eigenvalue weighted by Gasteiger charge is -2.28. The van der Waals surface area contributed by atoms with Crippen LogP contribution in [0, 0.1) is 10.1 Å². The van der Waals surface area contributed by atoms with Gasteiger partial charge in [-0.15, -0.1) is 0 Å². The first-order chi connectivity index (χ1) is 12.8. The molecule has 0 bridgehead atoms. The van der Waals surface area contributed by atoms with Crippen molar-refractivity contribution in [3.05, 3.63) is 28.3 Å². The van der Waals surface area contributed by atoms with Crippen molar-refractivity contribution in [3.8, 4) is 5.75 Å². The molecule has 1 heterocycles. The van der Waals surface area contributed by atoms with E-state index in [1.165, 1.54) is 25.3 Å². The van der Waals surface area contributed by atoms with Crippen molar-refractivity contribution in [1.29, 1.82) is 0 Å². The summed E-state index contributed by atoms with van der Waals surface area (Å²) < 4.78 is 10.4. The number of carbonyl (C=O) groups is 2. The van der Waals surface area contributed by atoms with E-state index in [2.05, 4.69) is 5.32 Å². The van der Waals surface area contributed by atoms with Crippen LogP contribution in [0.3, 0.4) is 0 Å². The maximum Gasteiger partial charge on any atom is 0.282 e. The van der Waals surface area contributed by atoms with Crippen LogP contribution in [0.25, 0.3) is 0 Å². The highest BCUT2D eigenvalue weighted by Crippen LogP contribution is 2.28. The average molecular weight is 381 g/mol. The standard InChI is InChI=1S/C17H24N4O6/c1-12(19(2)11-16(22)20-6-8-27-9-7-20)17(23)18-14-10-13(21(24)25)4-5-15(14)26-3/h4-5,10,12H,6-9,11H2,1-3H3,(H,18,23)/p+1/t12-/m0/s1. The van der Waals surface area contributed by atoms with Crippen LogP contribution in [0.2, 0.25) is 0 Å². The summed E-state index contributed by atoms with van der Waals surface area (Å²) in [5.41, 5.74) is 0.0674. The number of nitrogens with one attached hydrogen (secondary N) is 2. The van der Waals surface area contributed by atoms with Gasteiger partial charge in [-0.05, 0) is 13.0 Å². The van der Waals surface area contributed by atoms with E-state index in [1.54, 1.807) is 18.9 Å². The van der Waals surface area contributed by atoms with Crippen molar-refractivity contribution >= 4 is 23.2 Å². The third-order valence-electron chi connectivity index (χ3n) is 4.58. The number of nitro groups is 1. The van der Waals surface area contributed by atoms with Gasteiger partial charge in [0.05, 0.1) is 38.0 Å². The summed E-state index contributed by atoms with van der Waals surface area (Å²) in [6.07, 6.45) is 0. The maximum absolute atomic E-state index is 12.6. The number of non-ortho nitro benzene ring substituents is 1. The fraction of sp³-hybridized carbons (Fsp3) is 0.529. The molecule has 2 N–H and O–H groups in total. The predicted molar refractivity (Wildman–Crippen MR) is 96.9 cm³/mol. The summed E-state index contributed by atoms with van der Waals surface area (Å²) in [6.45, 7) is 4.01. The number of carbonyl (C=O) groups excluding carboxylic acids is 2. The Bertz CT molecular complexity index is 705. The summed E-state index contributed by atoms with van der Waals surface area (Å²) >= 11 is 0. The second-order valence-corrected chi connectivity index (χ2v) is 6.37. The van der Waals surface area contributed by atoms with Crippen LogP contribution >= 0.6 is 0 Å². The zero-order valence-corrected chi connectivity index (χ0v) is 15.7. The van der Waals surface area contributed by atoms with Gasteiger partial charge in [0.2, 0.25) is 0 Å². The molecule has 0 saturated carbocycles. The molecular formula is C17H25N4O6+. The topological polar surface area (TPSA) is 115 Å². The Morgan fingerprint density at radius 1 is 1.41 bits per heavy atom. The van der Waals surface area contributed by atoms with E-state index in [0.717, 1.165) is 0 Å². The average Bonchev–Trinajstić information content (AvgIpc) is 2.67. The fourth-order valence-electron chi connectivity index (χ4n) is 2.69. The molecule has 1 aliphatic heterocycles. The molecule has 0 aromatic heterocycles. The van der Waals surface area contributed by atoms with Gasteiger partial charge in [0.25, 0.3) is 17.5 Å². The Balaban J connectivity index is 2.00. The lowest BCUT2D eigenvalue weighted by atomic mass is 10.2. The van der Waals surface area contributed by atoms with E-state index < -0.39 is 11.0 Å². The number of rotatable bonds is 7. The van der Waals surface area contributed by atoms with Gasteiger partial charge >= 0.3 is 0 Å². The minimum atomic E-state index is -0.545. The largest absolute Gasteiger partial charge is 0.495 e. The number of methoxy groups -OCH3 is 1. The first-order valence-corrected chi connectivity index (χ1v) is 8.64. The Labute approximate surface area is 157 Å². The number of hydrogen-bond donors (Lipinski definition) is 2. The van der Waals surface area contributed by atoms with Crippen molar-refractivity contribution in [3.63, 3.8) is 0 Å². The van der Waals surface area contributed by atoms with Crippen molar-refractivity contribution in [2.75, 3.05) is 52.3 Å². The molecule has 10 heteroatoms. The van der Waals surface area contributed by atoms with Gasteiger partial charge in [-0.2, -0.15) is 0 Å². The molecule has 2 atom stereocenters. The van der Waals surface area contributed by atoms with E-state index in [0.29, 0.717) is 37.0 Å². The van der Waals surface area contributed by atoms with Gasteiger partial charge in [0.15, 0.2) is 12.6 Å². The van der Waals surface area contributed by atoms with E-state index in [4.69, 9.17) is 9.47 Å². The lowest BCUT2D eigenvalue weighted by Crippen LogP contribution is -3.15. The number of nitro benzene ring substituents is 1. The Morgan fingerprint density at radius 2 is 2.07 bits per heavy atom. The number of quaternary nitrogens is 1. The van der Waals surface area contributed by atoms with Gasteiger partial charge in [0.1, 0.15) is 5.75 Å². The number of nitrogens with zero attached hydrogens (tertiary/aromatic N) is 2. The Kier molecular flexibility index (Phi) is 7.08. The molecule has 1 saturated heterocycles. The van der Waals surface area contributed by atoms with E-state index >= 15 is 0 Å². The van der Waals surface area contributed by atoms with Crippen LogP contribution in [0.4, 0.5) is 11.4 Å². The molecule has 1 unspecified atom stereocenters. The van der Waals surface area contributed by atoms with Gasteiger partial charge in [-0.3, -0.25) is 19.7 Å². The molecule has 148 valence electrons. The number of likely N-dealkylation sites (N-methyl/N-ethyl adjacent to an activating group) is 1. The van der Waals surface area contributed by atoms with Crippen LogP contribution in [-0.4, -0.2) is 74.7 Å². The fourth-order valence-corrected chi connectivity index (χ4v) is 2.69. The molecule has 0 aliphatic carbocycles. The zero-order valence-electron chi connectivity index (χ0n) is 15.7. The van der Waals surface area contributed by atoms with Crippen LogP contribution in [0.5, 0.6) is 5.75 Å². The minimum absolute atomic E-state index is 0.0385. The van der Waals surface area contributed by atoms with Crippen LogP contribution in [-0.2, 0) is 14.3 Å². The first kappa shape index (κ1) is 20.6. The SMILES string of the molecule is COc1ccc([N+](=O)[O-])cc1NC(=O)[C@H](C)[NH+](C)CC(=O)N1CCOCC1. The quantitative estimate of drug-likeness (QED) is 0.477. The highest BCUT2D eigenvalue weighted by molar-refractivity contribution is 5.95. The number of hydrogen-bond acceptors (Lipinski definition) is 6. The van der Waals surface area contributed by atoms with E-state index in [1.807, 2.05) is 0 Å². The van der Waals surface area contributed by atoms with E-state index in [-0.39, 0.29) is 29.7 Å². The first-order valence-electron chi connectivity index (χ1n) is 8.64. The van der Waals surface area contributed by atoms with Crippen molar-refractivity contribution < 1.29 is 28.9 Å². The van der Waals surface area contributed by atoms with Gasteiger partial charge in [-0.1, -0.05) is 0 Å². The Morgan fingerprint density at radius 3 is 2.67 bits per heavy atom. The monoisotopic (exact) mass is 381 g/mol. The third-order valence-corrected chi connectivity index (χ3v) is 4.58. The van der Waals surface area contributed by atoms with Crippen LogP contribution in [0.1, 0.15) is 6.92 Å². The summed E-state index contributed by atoms with van der Waals surface area (Å²) in [7, 11) is 3.17. The molecule has 2 amide bonds. The second kappa shape index (κ2) is 9.28. The number of amides is 2. The highest BCUT2D eigenvalue weighted by Gasteiger charge is 2.27. The lowest BCUT2D eigenvalue weighted by molar-refractivity contribution is -0.886. The molecule has 0 radical (unpaired) electrons. The summed E-state index contributed by atoms with van der Waals surface area (Å²) in [5, 5.41) is 13.6. The number of anilines is 1. The Hall–Kier alpha value is -2.72. The molecule has 27 heavy (non-hydrogen) atoms. The smallest absolute Gasteiger partial charge is 0.282 e. The number of ether oxygens (including phenoxy) is 2. The van der Waals surface area contributed by atoms with Crippen molar-refractivity contribution in [2.45, 2.75) is 13.0 Å². The van der Waals surface area contributed by atoms with Crippen molar-refractivity contribution in [2.24, 2.45) is 0 Å². The van der Waals surface area contributed by atoms with Crippen LogP contribution < -0.4 is 15.0 Å². The molecule has 0 spiro atoms. The summed E-state index contributed by atoms with van der Waals surface area (Å²) in [6, 6.07) is 3.43. The zero-order chi connectivity index (χ0) is 20.0. The van der Waals surface area contributed by atoms with Gasteiger partial charge in [-0.25, -0.2) is 0 Å². The summed E-state index contributed by atoms with van der Waals surface area (Å²) in [4.78, 5) is 37.7. The highest BCUT2D eigenvalue weighted by atomic mass is 16.6. The number of benzene rings is 1. The number of morpholine rings is 1. The molecule has 1 aliphatic rings. The predicted octanol–water partition coefficient (Wildman–Crippen LogP) is -0.696. The third kappa shape index (κ3) is 5.38. The van der Waals surface area contributed by atoms with E-state index in [9.17, 15) is 19.7 Å². The normalized spacial score (nSPS) is 16.3. The maximum atomic E-state index is 12.6. The van der Waals surface area contributed by atoms with Crippen LogP contribution in [0.15, 0.2) is 18.2 Å². The van der Waals surface area contributed by atoms with Gasteiger partial charge in [0, 0.05) is 25.2 Å². The molecule has 1 fully saturated rings. The molecular weight excluding hydrogens is 356 g/mol. The molecule has 10 nitrogen and oxygen atoms in total. The molecule has 1 aromatic rings. The summed E-state index contributed by atoms with van der Waals surface area (Å²) in [5.74, 6) is -0.0762. The molecule has 2 rings (SSSR count). The second-order valence-electron chi connectivity index (χ2n) is 6.37. The molecule has 1 aromatic carbocycles. The van der Waals surface area contributed by atoms with Gasteiger partial charge < -0.3 is 24.6 Å². The minimum Gasteiger partial charge on any atom is -0.495 e. The van der Waals surface area contributed by atoms with Crippen molar-refractivity contribution in [1.82, 2.24) is 4.90 Å².